The highest BCUT2D eigenvalue weighted by Crippen LogP contribution is 2.36. The molecule has 0 aliphatic carbocycles. The third-order valence-corrected chi connectivity index (χ3v) is 4.73. The van der Waals surface area contributed by atoms with Crippen LogP contribution in [0.2, 0.25) is 0 Å². The number of fused-ring (bicyclic) bond motifs is 1. The molecule has 0 unspecified atom stereocenters. The highest BCUT2D eigenvalue weighted by molar-refractivity contribution is 7.85. The van der Waals surface area contributed by atoms with Gasteiger partial charge in [-0.15, -0.1) is 0 Å². The molecular formula is C20H30N2O7S. The first kappa shape index (κ1) is 23.0. The molecule has 2 fully saturated rings. The Hall–Kier alpha value is -1.69. The van der Waals surface area contributed by atoms with Crippen LogP contribution in [0.25, 0.3) is 6.08 Å². The maximum Gasteiger partial charge on any atom is 0.261 e. The summed E-state index contributed by atoms with van der Waals surface area (Å²) in [5.74, 6) is 1.64. The van der Waals surface area contributed by atoms with Crippen LogP contribution in [-0.4, -0.2) is 96.0 Å². The van der Waals surface area contributed by atoms with Crippen LogP contribution in [-0.2, 0) is 19.6 Å². The van der Waals surface area contributed by atoms with E-state index in [9.17, 15) is 8.42 Å². The highest BCUT2D eigenvalue weighted by Gasteiger charge is 2.20. The lowest BCUT2D eigenvalue weighted by molar-refractivity contribution is -0.000377. The van der Waals surface area contributed by atoms with Crippen LogP contribution in [0.1, 0.15) is 5.56 Å². The summed E-state index contributed by atoms with van der Waals surface area (Å²) in [5, 5.41) is 3.32. The molecule has 168 valence electrons. The van der Waals surface area contributed by atoms with Gasteiger partial charge in [0.2, 0.25) is 0 Å². The average Bonchev–Trinajstić information content (AvgIpc) is 2.72. The average molecular weight is 443 g/mol. The van der Waals surface area contributed by atoms with Crippen molar-refractivity contribution in [2.75, 3.05) is 72.0 Å². The number of morpholine rings is 2. The predicted molar refractivity (Wildman–Crippen MR) is 113 cm³/mol. The fourth-order valence-corrected chi connectivity index (χ4v) is 3.39. The van der Waals surface area contributed by atoms with Gasteiger partial charge in [-0.3, -0.25) is 9.45 Å². The van der Waals surface area contributed by atoms with Gasteiger partial charge in [0.1, 0.15) is 19.3 Å². The molecule has 9 nitrogen and oxygen atoms in total. The normalized spacial score (nSPS) is 22.1. The summed E-state index contributed by atoms with van der Waals surface area (Å²) in [6, 6.07) is 6.07. The molecule has 1 aromatic rings. The third-order valence-electron chi connectivity index (χ3n) is 4.73. The topological polar surface area (TPSA) is 107 Å². The van der Waals surface area contributed by atoms with Gasteiger partial charge >= 0.3 is 0 Å². The van der Waals surface area contributed by atoms with Gasteiger partial charge in [-0.2, -0.15) is 8.42 Å². The largest absolute Gasteiger partial charge is 0.487 e. The number of nitrogens with zero attached hydrogens (tertiary/aromatic N) is 1. The number of rotatable bonds is 5. The second-order valence-electron chi connectivity index (χ2n) is 7.40. The molecule has 0 spiro atoms. The first-order valence-corrected chi connectivity index (χ1v) is 11.9. The standard InChI is InChI=1S/C19H26N2O4.CH4O3S/c1-2-16-10-15(12-21-5-8-22-9-6-21)13-25-19(16)18(3-1)24-14-17-11-20-4-7-23-17;1-5(2,3)4/h1-3,10,17,20H,4-9,11-14H2;1H3,(H,2,3,4)/t17-;/m1./s1. The summed E-state index contributed by atoms with van der Waals surface area (Å²) in [4.78, 5) is 2.41. The van der Waals surface area contributed by atoms with E-state index in [1.54, 1.807) is 0 Å². The van der Waals surface area contributed by atoms with Crippen molar-refractivity contribution in [1.82, 2.24) is 10.2 Å². The quantitative estimate of drug-likeness (QED) is 0.636. The third kappa shape index (κ3) is 7.86. The number of hydrogen-bond acceptors (Lipinski definition) is 8. The van der Waals surface area contributed by atoms with E-state index in [1.165, 1.54) is 5.57 Å². The van der Waals surface area contributed by atoms with Crippen molar-refractivity contribution < 1.29 is 31.9 Å². The molecule has 3 aliphatic rings. The summed E-state index contributed by atoms with van der Waals surface area (Å²) in [5.41, 5.74) is 2.39. The van der Waals surface area contributed by atoms with E-state index in [-0.39, 0.29) is 6.10 Å². The van der Waals surface area contributed by atoms with Gasteiger partial charge in [-0.25, -0.2) is 0 Å². The zero-order valence-electron chi connectivity index (χ0n) is 17.2. The van der Waals surface area contributed by atoms with E-state index in [0.29, 0.717) is 19.5 Å². The van der Waals surface area contributed by atoms with Crippen LogP contribution < -0.4 is 14.8 Å². The number of para-hydroxylation sites is 1. The van der Waals surface area contributed by atoms with Crippen LogP contribution in [0.15, 0.2) is 23.8 Å². The van der Waals surface area contributed by atoms with E-state index in [4.69, 9.17) is 23.5 Å². The van der Waals surface area contributed by atoms with Crippen LogP contribution in [0, 0.1) is 0 Å². The summed E-state index contributed by atoms with van der Waals surface area (Å²) in [6.45, 7) is 8.20. The van der Waals surface area contributed by atoms with Crippen LogP contribution in [0.4, 0.5) is 0 Å². The van der Waals surface area contributed by atoms with Crippen molar-refractivity contribution >= 4 is 16.2 Å². The van der Waals surface area contributed by atoms with Crippen molar-refractivity contribution in [3.05, 3.63) is 29.3 Å². The zero-order chi connectivity index (χ0) is 21.4. The lowest BCUT2D eigenvalue weighted by Crippen LogP contribution is -2.41. The minimum Gasteiger partial charge on any atom is -0.487 e. The van der Waals surface area contributed by atoms with Crippen molar-refractivity contribution in [3.8, 4) is 11.5 Å². The summed E-state index contributed by atoms with van der Waals surface area (Å²) in [7, 11) is -3.67. The Labute approximate surface area is 177 Å². The fourth-order valence-electron chi connectivity index (χ4n) is 3.39. The summed E-state index contributed by atoms with van der Waals surface area (Å²) >= 11 is 0. The molecule has 3 heterocycles. The van der Waals surface area contributed by atoms with Gasteiger partial charge in [-0.05, 0) is 17.7 Å². The Balaban J connectivity index is 0.000000461. The van der Waals surface area contributed by atoms with Crippen molar-refractivity contribution in [2.45, 2.75) is 6.10 Å². The number of hydrogen-bond donors (Lipinski definition) is 2. The lowest BCUT2D eigenvalue weighted by Gasteiger charge is -2.29. The second-order valence-corrected chi connectivity index (χ2v) is 8.86. The minimum atomic E-state index is -3.67. The monoisotopic (exact) mass is 442 g/mol. The Morgan fingerprint density at radius 1 is 1.27 bits per heavy atom. The smallest absolute Gasteiger partial charge is 0.261 e. The molecule has 1 aromatic carbocycles. The molecule has 0 saturated carbocycles. The fraction of sp³-hybridized carbons (Fsp3) is 0.600. The molecule has 10 heteroatoms. The maximum atomic E-state index is 9.19. The van der Waals surface area contributed by atoms with Crippen LogP contribution in [0.5, 0.6) is 11.5 Å². The van der Waals surface area contributed by atoms with Gasteiger partial charge in [0.15, 0.2) is 11.5 Å². The molecule has 30 heavy (non-hydrogen) atoms. The highest BCUT2D eigenvalue weighted by atomic mass is 32.2. The number of ether oxygens (including phenoxy) is 4. The summed E-state index contributed by atoms with van der Waals surface area (Å²) in [6.07, 6.45) is 3.05. The number of nitrogens with one attached hydrogen (secondary N) is 1. The van der Waals surface area contributed by atoms with Crippen LogP contribution >= 0.6 is 0 Å². The van der Waals surface area contributed by atoms with E-state index >= 15 is 0 Å². The van der Waals surface area contributed by atoms with E-state index in [0.717, 1.165) is 69.6 Å². The molecule has 2 N–H and O–H groups in total. The van der Waals surface area contributed by atoms with Crippen molar-refractivity contribution in [2.24, 2.45) is 0 Å². The second kappa shape index (κ2) is 11.1. The Morgan fingerprint density at radius 3 is 2.73 bits per heavy atom. The van der Waals surface area contributed by atoms with E-state index < -0.39 is 10.1 Å². The van der Waals surface area contributed by atoms with E-state index in [1.807, 2.05) is 12.1 Å². The first-order chi connectivity index (χ1) is 14.4. The molecular weight excluding hydrogens is 412 g/mol. The Kier molecular flexibility index (Phi) is 8.49. The minimum absolute atomic E-state index is 0.0978. The van der Waals surface area contributed by atoms with Gasteiger partial charge in [0.05, 0.1) is 26.1 Å². The Morgan fingerprint density at radius 2 is 2.03 bits per heavy atom. The molecule has 4 rings (SSSR count). The molecule has 0 bridgehead atoms. The molecule has 1 atom stereocenters. The zero-order valence-corrected chi connectivity index (χ0v) is 18.0. The van der Waals surface area contributed by atoms with Gasteiger partial charge < -0.3 is 24.3 Å². The first-order valence-electron chi connectivity index (χ1n) is 10.0. The maximum absolute atomic E-state index is 9.19. The van der Waals surface area contributed by atoms with Gasteiger partial charge in [0.25, 0.3) is 10.1 Å². The molecule has 2 saturated heterocycles. The van der Waals surface area contributed by atoms with Crippen molar-refractivity contribution in [3.63, 3.8) is 0 Å². The SMILES string of the molecule is C1=C(CN2CCOCC2)COc2c1cccc2OC[C@H]1CNCCO1.CS(=O)(=O)O. The lowest BCUT2D eigenvalue weighted by atomic mass is 10.1. The van der Waals surface area contributed by atoms with E-state index in [2.05, 4.69) is 22.4 Å². The van der Waals surface area contributed by atoms with Gasteiger partial charge in [-0.1, -0.05) is 12.1 Å². The predicted octanol–water partition coefficient (Wildman–Crippen LogP) is 0.666. The number of benzene rings is 1. The van der Waals surface area contributed by atoms with Crippen LogP contribution in [0.3, 0.4) is 0 Å². The molecule has 0 aromatic heterocycles. The van der Waals surface area contributed by atoms with Crippen molar-refractivity contribution in [1.29, 1.82) is 0 Å². The van der Waals surface area contributed by atoms with Gasteiger partial charge in [0, 0.05) is 38.3 Å². The Bertz CT molecular complexity index is 808. The summed E-state index contributed by atoms with van der Waals surface area (Å²) < 4.78 is 49.0. The molecule has 0 amide bonds. The molecule has 3 aliphatic heterocycles. The molecule has 0 radical (unpaired) electrons.